The van der Waals surface area contributed by atoms with Crippen LogP contribution in [0.4, 0.5) is 0 Å². The molecule has 2 rings (SSSR count). The summed E-state index contributed by atoms with van der Waals surface area (Å²) in [6.45, 7) is 1.85. The third kappa shape index (κ3) is 4.55. The molecule has 0 unspecified atom stereocenters. The van der Waals surface area contributed by atoms with Crippen molar-refractivity contribution in [3.8, 4) is 0 Å². The topological polar surface area (TPSA) is 62.2 Å². The van der Waals surface area contributed by atoms with E-state index in [1.54, 1.807) is 12.1 Å². The SMILES string of the molecule is C[C@H](C[C@H](O)c1ccccc1)NC(=O)c1ccc(Cl)cn1. The number of carbonyl (C=O) groups excluding carboxylic acids is 1. The van der Waals surface area contributed by atoms with Crippen molar-refractivity contribution in [2.24, 2.45) is 0 Å². The Morgan fingerprint density at radius 1 is 1.29 bits per heavy atom. The maximum Gasteiger partial charge on any atom is 0.270 e. The lowest BCUT2D eigenvalue weighted by Crippen LogP contribution is -2.34. The van der Waals surface area contributed by atoms with Crippen LogP contribution in [0.2, 0.25) is 5.02 Å². The molecule has 1 amide bonds. The van der Waals surface area contributed by atoms with Gasteiger partial charge in [-0.25, -0.2) is 4.98 Å². The van der Waals surface area contributed by atoms with Gasteiger partial charge < -0.3 is 10.4 Å². The summed E-state index contributed by atoms with van der Waals surface area (Å²) < 4.78 is 0. The summed E-state index contributed by atoms with van der Waals surface area (Å²) in [4.78, 5) is 15.9. The van der Waals surface area contributed by atoms with Gasteiger partial charge in [0.1, 0.15) is 5.69 Å². The van der Waals surface area contributed by atoms with Crippen molar-refractivity contribution in [3.05, 3.63) is 64.9 Å². The van der Waals surface area contributed by atoms with Crippen LogP contribution in [0.1, 0.15) is 35.5 Å². The molecule has 0 aliphatic rings. The van der Waals surface area contributed by atoms with Gasteiger partial charge >= 0.3 is 0 Å². The van der Waals surface area contributed by atoms with E-state index in [4.69, 9.17) is 11.6 Å². The predicted octanol–water partition coefficient (Wildman–Crippen LogP) is 2.98. The number of carbonyl (C=O) groups is 1. The molecular formula is C16H17ClN2O2. The second-order valence-electron chi connectivity index (χ2n) is 4.90. The lowest BCUT2D eigenvalue weighted by molar-refractivity contribution is 0.0912. The van der Waals surface area contributed by atoms with E-state index in [0.717, 1.165) is 5.56 Å². The largest absolute Gasteiger partial charge is 0.388 e. The third-order valence-corrected chi connectivity index (χ3v) is 3.32. The molecular weight excluding hydrogens is 288 g/mol. The Morgan fingerprint density at radius 2 is 2.00 bits per heavy atom. The highest BCUT2D eigenvalue weighted by atomic mass is 35.5. The summed E-state index contributed by atoms with van der Waals surface area (Å²) in [5.41, 5.74) is 1.14. The average Bonchev–Trinajstić information content (AvgIpc) is 2.48. The molecule has 110 valence electrons. The standard InChI is InChI=1S/C16H17ClN2O2/c1-11(9-15(20)12-5-3-2-4-6-12)19-16(21)14-8-7-13(17)10-18-14/h2-8,10-11,15,20H,9H2,1H3,(H,19,21)/t11-,15+/m1/s1. The molecule has 0 radical (unpaired) electrons. The second-order valence-corrected chi connectivity index (χ2v) is 5.33. The molecule has 4 nitrogen and oxygen atoms in total. The zero-order valence-electron chi connectivity index (χ0n) is 11.7. The lowest BCUT2D eigenvalue weighted by Gasteiger charge is -2.18. The summed E-state index contributed by atoms with van der Waals surface area (Å²) in [6.07, 6.45) is 1.25. The van der Waals surface area contributed by atoms with E-state index in [9.17, 15) is 9.90 Å². The Bertz CT molecular complexity index is 587. The molecule has 0 aliphatic heterocycles. The smallest absolute Gasteiger partial charge is 0.270 e. The van der Waals surface area contributed by atoms with Crippen molar-refractivity contribution >= 4 is 17.5 Å². The van der Waals surface area contributed by atoms with Gasteiger partial charge in [-0.15, -0.1) is 0 Å². The minimum absolute atomic E-state index is 0.176. The molecule has 2 atom stereocenters. The quantitative estimate of drug-likeness (QED) is 0.892. The predicted molar refractivity (Wildman–Crippen MR) is 82.2 cm³/mol. The Kier molecular flexibility index (Phi) is 5.31. The van der Waals surface area contributed by atoms with E-state index < -0.39 is 6.10 Å². The Labute approximate surface area is 128 Å². The minimum atomic E-state index is -0.611. The molecule has 0 saturated carbocycles. The summed E-state index contributed by atoms with van der Waals surface area (Å²) in [7, 11) is 0. The highest BCUT2D eigenvalue weighted by molar-refractivity contribution is 6.30. The van der Waals surface area contributed by atoms with Crippen molar-refractivity contribution in [2.75, 3.05) is 0 Å². The Hall–Kier alpha value is -1.91. The molecule has 2 aromatic rings. The molecule has 1 aromatic carbocycles. The number of pyridine rings is 1. The van der Waals surface area contributed by atoms with Gasteiger partial charge in [0.2, 0.25) is 0 Å². The van der Waals surface area contributed by atoms with Crippen LogP contribution >= 0.6 is 11.6 Å². The van der Waals surface area contributed by atoms with E-state index in [0.29, 0.717) is 17.1 Å². The van der Waals surface area contributed by atoms with Gasteiger partial charge in [0.25, 0.3) is 5.91 Å². The molecule has 1 aromatic heterocycles. The van der Waals surface area contributed by atoms with Crippen LogP contribution in [-0.4, -0.2) is 22.0 Å². The Morgan fingerprint density at radius 3 is 2.62 bits per heavy atom. The number of hydrogen-bond acceptors (Lipinski definition) is 3. The van der Waals surface area contributed by atoms with E-state index in [2.05, 4.69) is 10.3 Å². The maximum atomic E-state index is 12.0. The van der Waals surface area contributed by atoms with Gasteiger partial charge in [-0.2, -0.15) is 0 Å². The second kappa shape index (κ2) is 7.20. The first kappa shape index (κ1) is 15.5. The minimum Gasteiger partial charge on any atom is -0.388 e. The number of rotatable bonds is 5. The van der Waals surface area contributed by atoms with E-state index in [1.807, 2.05) is 37.3 Å². The van der Waals surface area contributed by atoms with Gasteiger partial charge in [-0.3, -0.25) is 4.79 Å². The first-order chi connectivity index (χ1) is 10.1. The number of halogens is 1. The zero-order chi connectivity index (χ0) is 15.2. The number of nitrogens with zero attached hydrogens (tertiary/aromatic N) is 1. The van der Waals surface area contributed by atoms with Crippen LogP contribution < -0.4 is 5.32 Å². The number of aliphatic hydroxyl groups excluding tert-OH is 1. The maximum absolute atomic E-state index is 12.0. The third-order valence-electron chi connectivity index (χ3n) is 3.10. The summed E-state index contributed by atoms with van der Waals surface area (Å²) in [6, 6.07) is 12.4. The average molecular weight is 305 g/mol. The van der Waals surface area contributed by atoms with Crippen molar-refractivity contribution < 1.29 is 9.90 Å². The lowest BCUT2D eigenvalue weighted by atomic mass is 10.0. The number of amides is 1. The molecule has 1 heterocycles. The monoisotopic (exact) mass is 304 g/mol. The highest BCUT2D eigenvalue weighted by Gasteiger charge is 2.15. The van der Waals surface area contributed by atoms with Crippen molar-refractivity contribution in [1.29, 1.82) is 0 Å². The summed E-state index contributed by atoms with van der Waals surface area (Å²) in [5.74, 6) is -0.278. The molecule has 0 fully saturated rings. The van der Waals surface area contributed by atoms with Crippen LogP contribution in [0.5, 0.6) is 0 Å². The van der Waals surface area contributed by atoms with E-state index >= 15 is 0 Å². The van der Waals surface area contributed by atoms with Crippen molar-refractivity contribution in [2.45, 2.75) is 25.5 Å². The van der Waals surface area contributed by atoms with Gasteiger partial charge in [-0.1, -0.05) is 41.9 Å². The van der Waals surface area contributed by atoms with Crippen LogP contribution in [0.3, 0.4) is 0 Å². The first-order valence-electron chi connectivity index (χ1n) is 6.71. The number of aliphatic hydroxyl groups is 1. The first-order valence-corrected chi connectivity index (χ1v) is 7.09. The zero-order valence-corrected chi connectivity index (χ0v) is 12.4. The fourth-order valence-electron chi connectivity index (χ4n) is 2.01. The van der Waals surface area contributed by atoms with E-state index in [-0.39, 0.29) is 11.9 Å². The molecule has 0 spiro atoms. The molecule has 21 heavy (non-hydrogen) atoms. The molecule has 0 aliphatic carbocycles. The van der Waals surface area contributed by atoms with Crippen LogP contribution in [0, 0.1) is 0 Å². The molecule has 0 bridgehead atoms. The highest BCUT2D eigenvalue weighted by Crippen LogP contribution is 2.17. The molecule has 5 heteroatoms. The normalized spacial score (nSPS) is 13.5. The number of hydrogen-bond donors (Lipinski definition) is 2. The van der Waals surface area contributed by atoms with Crippen molar-refractivity contribution in [1.82, 2.24) is 10.3 Å². The number of benzene rings is 1. The van der Waals surface area contributed by atoms with Gasteiger partial charge in [0.15, 0.2) is 0 Å². The summed E-state index contributed by atoms with van der Waals surface area (Å²) in [5, 5.41) is 13.4. The van der Waals surface area contributed by atoms with Gasteiger partial charge in [-0.05, 0) is 31.0 Å². The molecule has 0 saturated heterocycles. The fourth-order valence-corrected chi connectivity index (χ4v) is 2.12. The van der Waals surface area contributed by atoms with Crippen molar-refractivity contribution in [3.63, 3.8) is 0 Å². The number of aromatic nitrogens is 1. The fraction of sp³-hybridized carbons (Fsp3) is 0.250. The van der Waals surface area contributed by atoms with Crippen LogP contribution in [0.15, 0.2) is 48.7 Å². The molecule has 2 N–H and O–H groups in total. The number of nitrogens with one attached hydrogen (secondary N) is 1. The van der Waals surface area contributed by atoms with Gasteiger partial charge in [0.05, 0.1) is 11.1 Å². The van der Waals surface area contributed by atoms with Gasteiger partial charge in [0, 0.05) is 12.2 Å². The van der Waals surface area contributed by atoms with Crippen LogP contribution in [-0.2, 0) is 0 Å². The summed E-state index contributed by atoms with van der Waals surface area (Å²) >= 11 is 5.73. The van der Waals surface area contributed by atoms with Crippen LogP contribution in [0.25, 0.3) is 0 Å². The Balaban J connectivity index is 1.91. The van der Waals surface area contributed by atoms with E-state index in [1.165, 1.54) is 6.20 Å².